The fourth-order valence-electron chi connectivity index (χ4n) is 2.04. The van der Waals surface area contributed by atoms with Crippen molar-refractivity contribution >= 4 is 11.8 Å². The van der Waals surface area contributed by atoms with Crippen LogP contribution in [-0.2, 0) is 0 Å². The molecule has 0 atom stereocenters. The molecule has 4 nitrogen and oxygen atoms in total. The molecule has 19 heavy (non-hydrogen) atoms. The minimum atomic E-state index is -0.601. The summed E-state index contributed by atoms with van der Waals surface area (Å²) < 4.78 is 1.67. The van der Waals surface area contributed by atoms with Crippen LogP contribution in [0.5, 0.6) is 0 Å². The number of nitrogen functional groups attached to an aromatic ring is 1. The van der Waals surface area contributed by atoms with Crippen LogP contribution in [0.15, 0.2) is 40.1 Å². The van der Waals surface area contributed by atoms with E-state index in [1.165, 1.54) is 0 Å². The second-order valence-electron chi connectivity index (χ2n) is 4.45. The molecule has 0 saturated carbocycles. The molecule has 0 aliphatic heterocycles. The van der Waals surface area contributed by atoms with Crippen LogP contribution in [-0.4, -0.2) is 4.57 Å². The molecule has 0 radical (unpaired) electrons. The zero-order valence-electron chi connectivity index (χ0n) is 11.1. The number of aromatic nitrogens is 1. The molecule has 0 saturated heterocycles. The third kappa shape index (κ3) is 1.95. The zero-order valence-corrected chi connectivity index (χ0v) is 11.1. The Kier molecular flexibility index (Phi) is 3.25. The summed E-state index contributed by atoms with van der Waals surface area (Å²) >= 11 is 0. The van der Waals surface area contributed by atoms with E-state index < -0.39 is 10.9 Å². The molecule has 1 aromatic carbocycles. The highest BCUT2D eigenvalue weighted by atomic mass is 16.2. The van der Waals surface area contributed by atoms with Gasteiger partial charge in [-0.1, -0.05) is 19.6 Å². The van der Waals surface area contributed by atoms with Crippen LogP contribution in [0.2, 0.25) is 0 Å². The lowest BCUT2D eigenvalue weighted by atomic mass is 10.1. The van der Waals surface area contributed by atoms with Crippen molar-refractivity contribution in [2.75, 3.05) is 5.73 Å². The van der Waals surface area contributed by atoms with Gasteiger partial charge in [-0.05, 0) is 36.6 Å². The fraction of sp³-hybridized carbons (Fsp3) is 0.200. The molecule has 2 aromatic rings. The van der Waals surface area contributed by atoms with Gasteiger partial charge in [0.1, 0.15) is 11.4 Å². The Morgan fingerprint density at radius 2 is 2.11 bits per heavy atom. The first kappa shape index (κ1) is 13.1. The van der Waals surface area contributed by atoms with E-state index in [4.69, 9.17) is 5.73 Å². The van der Waals surface area contributed by atoms with E-state index in [2.05, 4.69) is 6.58 Å². The van der Waals surface area contributed by atoms with Crippen LogP contribution in [0.25, 0.3) is 11.8 Å². The molecule has 2 N–H and O–H groups in total. The van der Waals surface area contributed by atoms with Gasteiger partial charge >= 0.3 is 0 Å². The van der Waals surface area contributed by atoms with Gasteiger partial charge in [0.25, 0.3) is 10.9 Å². The van der Waals surface area contributed by atoms with Crippen molar-refractivity contribution in [1.29, 1.82) is 0 Å². The average molecular weight is 256 g/mol. The highest BCUT2D eigenvalue weighted by molar-refractivity contribution is 5.68. The van der Waals surface area contributed by atoms with Crippen molar-refractivity contribution in [1.82, 2.24) is 4.57 Å². The van der Waals surface area contributed by atoms with E-state index in [0.29, 0.717) is 0 Å². The number of nitrogens with zero attached hydrogens (tertiary/aromatic N) is 1. The Morgan fingerprint density at radius 3 is 2.63 bits per heavy atom. The van der Waals surface area contributed by atoms with Gasteiger partial charge in [-0.3, -0.25) is 9.59 Å². The van der Waals surface area contributed by atoms with Crippen molar-refractivity contribution in [3.05, 3.63) is 62.2 Å². The van der Waals surface area contributed by atoms with E-state index in [1.807, 2.05) is 26.0 Å². The van der Waals surface area contributed by atoms with Gasteiger partial charge in [-0.25, -0.2) is 0 Å². The molecule has 0 spiro atoms. The number of aryl methyl sites for hydroxylation is 1. The molecule has 1 heterocycles. The lowest BCUT2D eigenvalue weighted by Crippen LogP contribution is -2.38. The Labute approximate surface area is 111 Å². The summed E-state index contributed by atoms with van der Waals surface area (Å²) in [5, 5.41) is 0. The summed E-state index contributed by atoms with van der Waals surface area (Å²) in [7, 11) is 0. The van der Waals surface area contributed by atoms with Crippen LogP contribution >= 0.6 is 0 Å². The lowest BCUT2D eigenvalue weighted by Gasteiger charge is -2.11. The molecule has 0 unspecified atom stereocenters. The molecule has 0 fully saturated rings. The van der Waals surface area contributed by atoms with E-state index in [-0.39, 0.29) is 11.4 Å². The minimum absolute atomic E-state index is 0.0342. The van der Waals surface area contributed by atoms with Crippen LogP contribution in [0.1, 0.15) is 24.6 Å². The third-order valence-corrected chi connectivity index (χ3v) is 3.29. The summed E-state index contributed by atoms with van der Waals surface area (Å²) in [5.41, 5.74) is 7.71. The molecule has 0 bridgehead atoms. The normalized spacial score (nSPS) is 12.0. The zero-order chi connectivity index (χ0) is 14.2. The average Bonchev–Trinajstić information content (AvgIpc) is 2.77. The highest BCUT2D eigenvalue weighted by Gasteiger charge is 2.21. The number of hydrogen-bond acceptors (Lipinski definition) is 3. The predicted molar refractivity (Wildman–Crippen MR) is 78.3 cm³/mol. The predicted octanol–water partition coefficient (Wildman–Crippen LogP) is 1.94. The molecule has 2 rings (SSSR count). The first-order chi connectivity index (χ1) is 9.01. The lowest BCUT2D eigenvalue weighted by molar-refractivity contribution is 1.02. The first-order valence-corrected chi connectivity index (χ1v) is 6.11. The third-order valence-electron chi connectivity index (χ3n) is 3.29. The summed E-state index contributed by atoms with van der Waals surface area (Å²) in [6.45, 7) is 7.73. The van der Waals surface area contributed by atoms with Gasteiger partial charge < -0.3 is 10.3 Å². The smallest absolute Gasteiger partial charge is 0.254 e. The topological polar surface area (TPSA) is 65.1 Å². The van der Waals surface area contributed by atoms with Gasteiger partial charge in [0.05, 0.1) is 0 Å². The molecule has 0 aliphatic carbocycles. The number of hydrogen-bond donors (Lipinski definition) is 1. The number of anilines is 1. The Bertz CT molecular complexity index is 741. The van der Waals surface area contributed by atoms with Gasteiger partial charge in [0.15, 0.2) is 0 Å². The van der Waals surface area contributed by atoms with E-state index in [9.17, 15) is 9.59 Å². The van der Waals surface area contributed by atoms with Gasteiger partial charge in [-0.15, -0.1) is 0 Å². The van der Waals surface area contributed by atoms with Crippen molar-refractivity contribution in [3.63, 3.8) is 0 Å². The van der Waals surface area contributed by atoms with Crippen molar-refractivity contribution in [3.8, 4) is 5.69 Å². The van der Waals surface area contributed by atoms with E-state index >= 15 is 0 Å². The number of allylic oxidation sites excluding steroid dienone is 2. The quantitative estimate of drug-likeness (QED) is 0.671. The second kappa shape index (κ2) is 4.72. The van der Waals surface area contributed by atoms with E-state index in [1.54, 1.807) is 16.8 Å². The maximum atomic E-state index is 11.6. The van der Waals surface area contributed by atoms with Crippen molar-refractivity contribution < 1.29 is 0 Å². The van der Waals surface area contributed by atoms with Crippen LogP contribution in [0, 0.1) is 6.92 Å². The second-order valence-corrected chi connectivity index (χ2v) is 4.45. The summed E-state index contributed by atoms with van der Waals surface area (Å²) in [6, 6.07) is 1.89. The van der Waals surface area contributed by atoms with Crippen molar-refractivity contribution in [2.24, 2.45) is 0 Å². The first-order valence-electron chi connectivity index (χ1n) is 6.11. The van der Waals surface area contributed by atoms with E-state index in [0.717, 1.165) is 23.3 Å². The number of rotatable bonds is 4. The summed E-state index contributed by atoms with van der Waals surface area (Å²) in [6.07, 6.45) is 6.33. The SMILES string of the molecule is C=C/C(=C\c1c(C)ccn1-c1c(N)c(=O)c1=O)CC. The molecular formula is C15H16N2O2. The molecular weight excluding hydrogens is 240 g/mol. The van der Waals surface area contributed by atoms with Crippen molar-refractivity contribution in [2.45, 2.75) is 20.3 Å². The van der Waals surface area contributed by atoms with Gasteiger partial charge in [-0.2, -0.15) is 0 Å². The Hall–Kier alpha value is -2.36. The van der Waals surface area contributed by atoms with Crippen LogP contribution in [0.3, 0.4) is 0 Å². The molecule has 1 aromatic heterocycles. The monoisotopic (exact) mass is 256 g/mol. The standard InChI is InChI=1S/C15H16N2O2/c1-4-10(5-2)8-11-9(3)6-7-17(11)13-12(16)14(18)15(13)19/h4,6-8H,1,5,16H2,2-3H3/b10-8+. The molecule has 98 valence electrons. The van der Waals surface area contributed by atoms with Crippen LogP contribution in [0.4, 0.5) is 5.69 Å². The Balaban J connectivity index is 2.63. The molecule has 0 amide bonds. The largest absolute Gasteiger partial charge is 0.394 e. The van der Waals surface area contributed by atoms with Crippen LogP contribution < -0.4 is 16.6 Å². The molecule has 0 aliphatic rings. The van der Waals surface area contributed by atoms with Gasteiger partial charge in [0.2, 0.25) is 0 Å². The highest BCUT2D eigenvalue weighted by Crippen LogP contribution is 2.21. The maximum Gasteiger partial charge on any atom is 0.254 e. The number of nitrogens with two attached hydrogens (primary N) is 1. The van der Waals surface area contributed by atoms with Gasteiger partial charge in [0, 0.05) is 11.9 Å². The molecule has 4 heteroatoms. The Morgan fingerprint density at radius 1 is 1.42 bits per heavy atom. The summed E-state index contributed by atoms with van der Waals surface area (Å²) in [4.78, 5) is 22.8. The maximum absolute atomic E-state index is 11.6. The minimum Gasteiger partial charge on any atom is -0.394 e. The summed E-state index contributed by atoms with van der Waals surface area (Å²) in [5.74, 6) is 0. The fourth-order valence-corrected chi connectivity index (χ4v) is 2.04.